The second-order valence-electron chi connectivity index (χ2n) is 18.8. The van der Waals surface area contributed by atoms with Gasteiger partial charge in [-0.05, 0) is 93.7 Å². The lowest BCUT2D eigenvalue weighted by Gasteiger charge is -2.34. The Hall–Kier alpha value is -6.22. The van der Waals surface area contributed by atoms with Crippen LogP contribution in [0, 0.1) is 18.8 Å². The van der Waals surface area contributed by atoms with Crippen LogP contribution in [-0.4, -0.2) is 40.5 Å². The maximum Gasteiger partial charge on any atom is 0.380 e. The summed E-state index contributed by atoms with van der Waals surface area (Å²) < 4.78 is 98.6. The van der Waals surface area contributed by atoms with Crippen LogP contribution in [0.25, 0.3) is 74.4 Å². The standard InChI is InChI=1S/C59H47F6NO2S2/c1-4-6-8-10-17-35(18-11-9-7-5-2)66-55(67)43-30-28-39-37-22-16-21-36-34(25-27-38(49(36)37)40-29-31-44(56(66)68)51(43)50(39)40)26-32-47-52(42-20-13-15-24-46(42)70-47)54-53(57(60,61)59(64,65)58(54,62)63)48-33(3)69-45-23-14-12-19-41(45)48/h12-16,19-25,27-31,35H,4-11,17-18H2,1-3H3. The Morgan fingerprint density at radius 1 is 0.514 bits per heavy atom. The van der Waals surface area contributed by atoms with Gasteiger partial charge in [-0.25, -0.2) is 0 Å². The van der Waals surface area contributed by atoms with E-state index in [1.54, 1.807) is 42.5 Å². The molecule has 2 aliphatic rings. The van der Waals surface area contributed by atoms with Crippen molar-refractivity contribution in [1.82, 2.24) is 4.90 Å². The van der Waals surface area contributed by atoms with Gasteiger partial charge in [0.1, 0.15) is 0 Å². The second kappa shape index (κ2) is 17.3. The molecule has 0 saturated carbocycles. The van der Waals surface area contributed by atoms with Gasteiger partial charge in [0.15, 0.2) is 0 Å². The molecule has 2 amide bonds. The number of hydrogen-bond donors (Lipinski definition) is 0. The minimum atomic E-state index is -5.74. The van der Waals surface area contributed by atoms with E-state index in [0.29, 0.717) is 31.5 Å². The Morgan fingerprint density at radius 3 is 1.63 bits per heavy atom. The molecule has 0 bridgehead atoms. The van der Waals surface area contributed by atoms with E-state index < -0.39 is 34.5 Å². The molecule has 9 aromatic rings. The summed E-state index contributed by atoms with van der Waals surface area (Å²) in [4.78, 5) is 30.9. The van der Waals surface area contributed by atoms with Crippen LogP contribution in [-0.2, 0) is 0 Å². The summed E-state index contributed by atoms with van der Waals surface area (Å²) >= 11 is 2.07. The lowest BCUT2D eigenvalue weighted by atomic mass is 9.83. The normalized spacial score (nSPS) is 16.4. The lowest BCUT2D eigenvalue weighted by molar-refractivity contribution is -0.254. The Kier molecular flexibility index (Phi) is 11.4. The molecule has 0 unspecified atom stereocenters. The van der Waals surface area contributed by atoms with Crippen molar-refractivity contribution in [2.24, 2.45) is 0 Å². The number of imide groups is 1. The highest BCUT2D eigenvalue weighted by Crippen LogP contribution is 2.67. The zero-order valence-electron chi connectivity index (χ0n) is 38.8. The number of amides is 2. The number of hydrogen-bond acceptors (Lipinski definition) is 4. The Bertz CT molecular complexity index is 3640. The maximum atomic E-state index is 16.6. The summed E-state index contributed by atoms with van der Waals surface area (Å²) in [6.07, 6.45) is 9.94. The van der Waals surface area contributed by atoms with Crippen molar-refractivity contribution < 1.29 is 35.9 Å². The SMILES string of the molecule is CCCCCCC(CCCCCC)N1C(=O)c2ccc3c4cccc5c(C#Cc6sc7ccccc7c6C6=C(c7c(C)sc8ccccc78)C(F)(F)C(F)(F)C6(F)F)ccc(c6ccc(c2c36)C1=O)c54. The molecule has 354 valence electrons. The van der Waals surface area contributed by atoms with Crippen molar-refractivity contribution in [2.45, 2.75) is 109 Å². The smallest absolute Gasteiger partial charge is 0.271 e. The van der Waals surface area contributed by atoms with Crippen molar-refractivity contribution in [1.29, 1.82) is 0 Å². The van der Waals surface area contributed by atoms with Gasteiger partial charge in [-0.2, -0.15) is 26.3 Å². The third kappa shape index (κ3) is 6.76. The first-order chi connectivity index (χ1) is 33.7. The zero-order chi connectivity index (χ0) is 48.9. The molecule has 3 heterocycles. The molecule has 2 aromatic heterocycles. The number of thiophene rings is 2. The zero-order valence-corrected chi connectivity index (χ0v) is 40.4. The summed E-state index contributed by atoms with van der Waals surface area (Å²) in [7, 11) is 0. The number of rotatable bonds is 13. The number of allylic oxidation sites excluding steroid dienone is 2. The summed E-state index contributed by atoms with van der Waals surface area (Å²) in [5, 5.41) is 6.74. The third-order valence-corrected chi connectivity index (χ3v) is 16.8. The van der Waals surface area contributed by atoms with Crippen LogP contribution in [0.4, 0.5) is 26.3 Å². The Labute approximate surface area is 409 Å². The van der Waals surface area contributed by atoms with Crippen molar-refractivity contribution >= 4 is 109 Å². The molecule has 7 aromatic carbocycles. The van der Waals surface area contributed by atoms with Crippen LogP contribution in [0.3, 0.4) is 0 Å². The molecule has 3 nitrogen and oxygen atoms in total. The van der Waals surface area contributed by atoms with Gasteiger partial charge < -0.3 is 0 Å². The minimum Gasteiger partial charge on any atom is -0.271 e. The fourth-order valence-corrected chi connectivity index (χ4v) is 13.5. The number of carbonyl (C=O) groups excluding carboxylic acids is 2. The Morgan fingerprint density at radius 2 is 1.01 bits per heavy atom. The fourth-order valence-electron chi connectivity index (χ4n) is 11.3. The maximum absolute atomic E-state index is 16.6. The first kappa shape index (κ1) is 46.2. The van der Waals surface area contributed by atoms with Crippen molar-refractivity contribution in [3.8, 4) is 11.8 Å². The van der Waals surface area contributed by atoms with E-state index in [1.165, 1.54) is 24.0 Å². The first-order valence-corrected chi connectivity index (χ1v) is 25.8. The number of aryl methyl sites for hydroxylation is 1. The molecular weight excluding hydrogens is 933 g/mol. The van der Waals surface area contributed by atoms with Gasteiger partial charge in [-0.15, -0.1) is 22.7 Å². The van der Waals surface area contributed by atoms with Crippen molar-refractivity contribution in [3.05, 3.63) is 141 Å². The number of alkyl halides is 6. The van der Waals surface area contributed by atoms with Gasteiger partial charge in [0, 0.05) is 75.4 Å². The van der Waals surface area contributed by atoms with Gasteiger partial charge in [-0.1, -0.05) is 144 Å². The van der Waals surface area contributed by atoms with Crippen LogP contribution < -0.4 is 0 Å². The van der Waals surface area contributed by atoms with Crippen molar-refractivity contribution in [3.63, 3.8) is 0 Å². The highest BCUT2D eigenvalue weighted by Gasteiger charge is 2.80. The van der Waals surface area contributed by atoms with Crippen LogP contribution in [0.1, 0.15) is 125 Å². The molecule has 0 atom stereocenters. The lowest BCUT2D eigenvalue weighted by Crippen LogP contribution is -2.49. The van der Waals surface area contributed by atoms with Crippen molar-refractivity contribution in [2.75, 3.05) is 0 Å². The molecule has 11 rings (SSSR count). The molecule has 11 heteroatoms. The number of nitrogens with zero attached hydrogens (tertiary/aromatic N) is 1. The highest BCUT2D eigenvalue weighted by molar-refractivity contribution is 7.20. The van der Waals surface area contributed by atoms with Crippen LogP contribution in [0.2, 0.25) is 0 Å². The number of carbonyl (C=O) groups is 2. The van der Waals surface area contributed by atoms with Crippen LogP contribution in [0.5, 0.6) is 0 Å². The van der Waals surface area contributed by atoms with Gasteiger partial charge in [0.05, 0.1) is 4.88 Å². The molecule has 70 heavy (non-hydrogen) atoms. The predicted molar refractivity (Wildman–Crippen MR) is 275 cm³/mol. The first-order valence-electron chi connectivity index (χ1n) is 24.2. The monoisotopic (exact) mass is 979 g/mol. The summed E-state index contributed by atoms with van der Waals surface area (Å²) in [6, 6.07) is 29.6. The van der Waals surface area contributed by atoms with Gasteiger partial charge >= 0.3 is 17.8 Å². The largest absolute Gasteiger partial charge is 0.380 e. The highest BCUT2D eigenvalue weighted by atomic mass is 32.1. The average molecular weight is 980 g/mol. The van der Waals surface area contributed by atoms with Crippen LogP contribution >= 0.6 is 22.7 Å². The molecule has 0 fully saturated rings. The molecule has 1 aliphatic heterocycles. The molecule has 0 radical (unpaired) electrons. The second-order valence-corrected chi connectivity index (χ2v) is 21.2. The molecule has 0 spiro atoms. The van der Waals surface area contributed by atoms with E-state index >= 15 is 26.3 Å². The summed E-state index contributed by atoms with van der Waals surface area (Å²) in [6.45, 7) is 5.82. The number of benzene rings is 7. The number of unbranched alkanes of at least 4 members (excludes halogenated alkanes) is 6. The molecule has 0 N–H and O–H groups in total. The van der Waals surface area contributed by atoms with Gasteiger partial charge in [0.2, 0.25) is 0 Å². The van der Waals surface area contributed by atoms with E-state index in [9.17, 15) is 9.59 Å². The predicted octanol–water partition coefficient (Wildman–Crippen LogP) is 17.6. The quantitative estimate of drug-likeness (QED) is 0.0288. The molecular formula is C59H47F6NO2S2. The van der Waals surface area contributed by atoms with E-state index in [4.69, 9.17) is 0 Å². The fraction of sp³-hybridized carbons (Fsp3) is 0.288. The number of halogens is 6. The van der Waals surface area contributed by atoms with E-state index in [2.05, 4.69) is 25.7 Å². The van der Waals surface area contributed by atoms with Gasteiger partial charge in [0.25, 0.3) is 11.8 Å². The van der Waals surface area contributed by atoms with E-state index in [-0.39, 0.29) is 43.9 Å². The summed E-state index contributed by atoms with van der Waals surface area (Å²) in [5.74, 6) is -10.6. The van der Waals surface area contributed by atoms with Gasteiger partial charge in [-0.3, -0.25) is 14.5 Å². The molecule has 0 saturated heterocycles. The third-order valence-electron chi connectivity index (χ3n) is 14.7. The topological polar surface area (TPSA) is 37.4 Å². The number of fused-ring (bicyclic) bond motifs is 4. The minimum absolute atomic E-state index is 0.0447. The Balaban J connectivity index is 1.06. The average Bonchev–Trinajstić information content (AvgIpc) is 3.91. The van der Waals surface area contributed by atoms with E-state index in [0.717, 1.165) is 125 Å². The molecule has 1 aliphatic carbocycles. The summed E-state index contributed by atoms with van der Waals surface area (Å²) in [5.41, 5.74) is -2.04. The van der Waals surface area contributed by atoms with E-state index in [1.807, 2.05) is 48.5 Å². The van der Waals surface area contributed by atoms with Crippen LogP contribution in [0.15, 0.2) is 103 Å².